The highest BCUT2D eigenvalue weighted by Gasteiger charge is 2.19. The zero-order valence-electron chi connectivity index (χ0n) is 17.9. The Morgan fingerprint density at radius 3 is 2.42 bits per heavy atom. The van der Waals surface area contributed by atoms with Gasteiger partial charge in [-0.25, -0.2) is 0 Å². The van der Waals surface area contributed by atoms with E-state index in [1.165, 1.54) is 0 Å². The predicted octanol–water partition coefficient (Wildman–Crippen LogP) is 0.516. The maximum atomic E-state index is 8.88. The molecule has 2 aliphatic rings. The summed E-state index contributed by atoms with van der Waals surface area (Å²) in [5.74, 6) is 2.41. The molecule has 4 rings (SSSR count). The van der Waals surface area contributed by atoms with Crippen molar-refractivity contribution in [3.63, 3.8) is 0 Å². The molecule has 0 atom stereocenters. The quantitative estimate of drug-likeness (QED) is 0.515. The van der Waals surface area contributed by atoms with E-state index in [9.17, 15) is 0 Å². The number of nitrogens with zero attached hydrogens (tertiary/aromatic N) is 7. The van der Waals surface area contributed by atoms with Gasteiger partial charge in [-0.1, -0.05) is 5.21 Å². The van der Waals surface area contributed by atoms with Gasteiger partial charge in [0.1, 0.15) is 17.3 Å². The molecule has 0 amide bonds. The fraction of sp³-hybridized carbons (Fsp3) is 0.700. The molecule has 0 aliphatic carbocycles. The first-order chi connectivity index (χ1) is 15.3. The molecule has 2 aromatic rings. The van der Waals surface area contributed by atoms with Gasteiger partial charge in [-0.05, 0) is 19.3 Å². The van der Waals surface area contributed by atoms with Crippen molar-refractivity contribution in [1.29, 1.82) is 0 Å². The van der Waals surface area contributed by atoms with E-state index < -0.39 is 0 Å². The number of anilines is 3. The summed E-state index contributed by atoms with van der Waals surface area (Å²) in [6, 6.07) is 1.99. The maximum Gasteiger partial charge on any atom is 0.229 e. The zero-order valence-corrected chi connectivity index (χ0v) is 17.9. The first-order valence-electron chi connectivity index (χ1n) is 11.1. The van der Waals surface area contributed by atoms with Crippen molar-refractivity contribution >= 4 is 17.6 Å². The van der Waals surface area contributed by atoms with E-state index in [-0.39, 0.29) is 6.61 Å². The van der Waals surface area contributed by atoms with Crippen molar-refractivity contribution in [3.05, 3.63) is 18.0 Å². The normalized spacial score (nSPS) is 17.2. The Balaban J connectivity index is 1.42. The Morgan fingerprint density at radius 1 is 0.935 bits per heavy atom. The smallest absolute Gasteiger partial charge is 0.229 e. The van der Waals surface area contributed by atoms with Crippen LogP contribution in [0.4, 0.5) is 17.6 Å². The Kier molecular flexibility index (Phi) is 7.86. The molecule has 0 unspecified atom stereocenters. The van der Waals surface area contributed by atoms with Gasteiger partial charge in [0.2, 0.25) is 5.95 Å². The van der Waals surface area contributed by atoms with Gasteiger partial charge in [-0.15, -0.1) is 5.10 Å². The summed E-state index contributed by atoms with van der Waals surface area (Å²) in [5.41, 5.74) is 0.863. The monoisotopic (exact) mass is 432 g/mol. The number of rotatable bonds is 10. The van der Waals surface area contributed by atoms with Gasteiger partial charge in [0.25, 0.3) is 0 Å². The molecule has 0 radical (unpaired) electrons. The highest BCUT2D eigenvalue weighted by molar-refractivity contribution is 5.54. The summed E-state index contributed by atoms with van der Waals surface area (Å²) in [5, 5.41) is 20.7. The van der Waals surface area contributed by atoms with Gasteiger partial charge in [-0.3, -0.25) is 4.68 Å². The molecule has 2 N–H and O–H groups in total. The van der Waals surface area contributed by atoms with Crippen LogP contribution in [0.5, 0.6) is 0 Å². The minimum atomic E-state index is 0.240. The molecule has 2 aromatic heterocycles. The van der Waals surface area contributed by atoms with Crippen molar-refractivity contribution in [2.45, 2.75) is 32.4 Å². The largest absolute Gasteiger partial charge is 0.396 e. The molecular formula is C20H32N8O3. The second-order valence-electron chi connectivity index (χ2n) is 7.72. The Hall–Kier alpha value is -2.50. The number of morpholine rings is 2. The molecule has 11 nitrogen and oxygen atoms in total. The van der Waals surface area contributed by atoms with Crippen molar-refractivity contribution in [1.82, 2.24) is 25.0 Å². The van der Waals surface area contributed by atoms with E-state index >= 15 is 0 Å². The topological polar surface area (TPSA) is 114 Å². The van der Waals surface area contributed by atoms with E-state index in [0.29, 0.717) is 33.0 Å². The molecule has 31 heavy (non-hydrogen) atoms. The van der Waals surface area contributed by atoms with Crippen LogP contribution in [0.2, 0.25) is 0 Å². The van der Waals surface area contributed by atoms with Gasteiger partial charge in [0.05, 0.1) is 39.2 Å². The van der Waals surface area contributed by atoms with Gasteiger partial charge in [-0.2, -0.15) is 9.97 Å². The van der Waals surface area contributed by atoms with Gasteiger partial charge in [0, 0.05) is 45.4 Å². The summed E-state index contributed by atoms with van der Waals surface area (Å²) >= 11 is 0. The standard InChI is InChI=1S/C20H32N8O3/c29-9-3-1-2-4-28-16-17(24-25-28)15-21-18-14-19(26-5-10-30-11-6-26)23-20(22-18)27-7-12-31-13-8-27/h14,16,29H,1-13,15H2,(H,21,22,23). The van der Waals surface area contributed by atoms with Gasteiger partial charge in [0.15, 0.2) is 0 Å². The summed E-state index contributed by atoms with van der Waals surface area (Å²) in [7, 11) is 0. The van der Waals surface area contributed by atoms with Crippen LogP contribution < -0.4 is 15.1 Å². The minimum absolute atomic E-state index is 0.240. The average Bonchev–Trinajstić information content (AvgIpc) is 3.29. The lowest BCUT2D eigenvalue weighted by atomic mass is 10.2. The number of aliphatic hydroxyl groups is 1. The lowest BCUT2D eigenvalue weighted by molar-refractivity contribution is 0.121. The Labute approximate surface area is 182 Å². The molecule has 170 valence electrons. The first-order valence-corrected chi connectivity index (χ1v) is 11.1. The van der Waals surface area contributed by atoms with E-state index in [0.717, 1.165) is 75.3 Å². The molecule has 2 aliphatic heterocycles. The van der Waals surface area contributed by atoms with E-state index in [2.05, 4.69) is 25.4 Å². The molecule has 4 heterocycles. The van der Waals surface area contributed by atoms with Crippen LogP contribution in [0.3, 0.4) is 0 Å². The van der Waals surface area contributed by atoms with E-state index in [4.69, 9.17) is 24.5 Å². The third-order valence-electron chi connectivity index (χ3n) is 5.41. The molecule has 2 saturated heterocycles. The van der Waals surface area contributed by atoms with Crippen molar-refractivity contribution in [3.8, 4) is 0 Å². The molecule has 11 heteroatoms. The van der Waals surface area contributed by atoms with Crippen molar-refractivity contribution < 1.29 is 14.6 Å². The minimum Gasteiger partial charge on any atom is -0.396 e. The average molecular weight is 433 g/mol. The van der Waals surface area contributed by atoms with Crippen molar-refractivity contribution in [2.24, 2.45) is 0 Å². The summed E-state index contributed by atoms with van der Waals surface area (Å²) < 4.78 is 12.8. The van der Waals surface area contributed by atoms with E-state index in [1.54, 1.807) is 0 Å². The predicted molar refractivity (Wildman–Crippen MR) is 116 cm³/mol. The third kappa shape index (κ3) is 6.25. The maximum absolute atomic E-state index is 8.88. The fourth-order valence-corrected chi connectivity index (χ4v) is 3.64. The van der Waals surface area contributed by atoms with Crippen LogP contribution in [0.15, 0.2) is 12.3 Å². The lowest BCUT2D eigenvalue weighted by Gasteiger charge is -2.31. The Morgan fingerprint density at radius 2 is 1.68 bits per heavy atom. The van der Waals surface area contributed by atoms with Crippen molar-refractivity contribution in [2.75, 3.05) is 74.3 Å². The summed E-state index contributed by atoms with van der Waals surface area (Å²) in [6.07, 6.45) is 4.75. The number of hydrogen-bond acceptors (Lipinski definition) is 10. The zero-order chi connectivity index (χ0) is 21.3. The van der Waals surface area contributed by atoms with Crippen LogP contribution in [-0.4, -0.2) is 89.3 Å². The molecule has 2 fully saturated rings. The molecule has 0 saturated carbocycles. The number of nitrogens with one attached hydrogen (secondary N) is 1. The molecule has 0 bridgehead atoms. The van der Waals surface area contributed by atoms with Crippen LogP contribution in [-0.2, 0) is 22.6 Å². The highest BCUT2D eigenvalue weighted by Crippen LogP contribution is 2.22. The molecule has 0 aromatic carbocycles. The number of hydrogen-bond donors (Lipinski definition) is 2. The second kappa shape index (κ2) is 11.2. The van der Waals surface area contributed by atoms with Crippen LogP contribution in [0.1, 0.15) is 25.0 Å². The summed E-state index contributed by atoms with van der Waals surface area (Å²) in [4.78, 5) is 14.0. The number of unbranched alkanes of at least 4 members (excludes halogenated alkanes) is 2. The molecule has 0 spiro atoms. The number of ether oxygens (including phenoxy) is 2. The van der Waals surface area contributed by atoms with Crippen LogP contribution in [0.25, 0.3) is 0 Å². The lowest BCUT2D eigenvalue weighted by Crippen LogP contribution is -2.39. The number of aromatic nitrogens is 5. The van der Waals surface area contributed by atoms with E-state index in [1.807, 2.05) is 16.9 Å². The highest BCUT2D eigenvalue weighted by atomic mass is 16.5. The Bertz CT molecular complexity index is 769. The SMILES string of the molecule is OCCCCCn1cc(CNc2cc(N3CCOCC3)nc(N3CCOCC3)n2)nn1. The fourth-order valence-electron chi connectivity index (χ4n) is 3.64. The number of aryl methyl sites for hydroxylation is 1. The van der Waals surface area contributed by atoms with Gasteiger partial charge >= 0.3 is 0 Å². The van der Waals surface area contributed by atoms with Crippen LogP contribution in [0, 0.1) is 0 Å². The summed E-state index contributed by atoms with van der Waals surface area (Å²) in [6.45, 7) is 7.61. The first kappa shape index (κ1) is 21.7. The second-order valence-corrected chi connectivity index (χ2v) is 7.72. The number of aliphatic hydroxyl groups excluding tert-OH is 1. The molecular weight excluding hydrogens is 400 g/mol. The van der Waals surface area contributed by atoms with Gasteiger partial charge < -0.3 is 29.7 Å². The van der Waals surface area contributed by atoms with Crippen LogP contribution >= 0.6 is 0 Å². The third-order valence-corrected chi connectivity index (χ3v) is 5.41.